The molecule has 0 fully saturated rings. The summed E-state index contributed by atoms with van der Waals surface area (Å²) in [5, 5.41) is 9.61. The maximum atomic E-state index is 11.4. The van der Waals surface area contributed by atoms with E-state index in [0.29, 0.717) is 10.6 Å². The predicted molar refractivity (Wildman–Crippen MR) is 77.4 cm³/mol. The molecule has 21 heavy (non-hydrogen) atoms. The standard InChI is InChI=1S/C15H12ClNO4/c16-10-6-7-12(11(8-10)14(17)18)21-13(15(19)20)9-4-2-1-3-5-9/h1-8,13H,(H2,17,18)(H,19,20). The largest absolute Gasteiger partial charge is 0.478 e. The lowest BCUT2D eigenvalue weighted by molar-refractivity contribution is -0.145. The Labute approximate surface area is 125 Å². The van der Waals surface area contributed by atoms with E-state index in [4.69, 9.17) is 22.1 Å². The van der Waals surface area contributed by atoms with Gasteiger partial charge in [-0.05, 0) is 18.2 Å². The summed E-state index contributed by atoms with van der Waals surface area (Å²) in [5.41, 5.74) is 5.74. The molecule has 0 saturated carbocycles. The molecule has 1 unspecified atom stereocenters. The van der Waals surface area contributed by atoms with Crippen molar-refractivity contribution in [3.05, 3.63) is 64.7 Å². The maximum Gasteiger partial charge on any atom is 0.349 e. The van der Waals surface area contributed by atoms with E-state index in [1.165, 1.54) is 18.2 Å². The van der Waals surface area contributed by atoms with Gasteiger partial charge in [-0.2, -0.15) is 0 Å². The number of hydrogen-bond donors (Lipinski definition) is 2. The van der Waals surface area contributed by atoms with Crippen LogP contribution in [0.1, 0.15) is 22.0 Å². The van der Waals surface area contributed by atoms with E-state index in [2.05, 4.69) is 0 Å². The molecule has 0 saturated heterocycles. The molecule has 0 heterocycles. The molecule has 0 radical (unpaired) electrons. The van der Waals surface area contributed by atoms with Crippen molar-refractivity contribution >= 4 is 23.5 Å². The summed E-state index contributed by atoms with van der Waals surface area (Å²) < 4.78 is 5.45. The Morgan fingerprint density at radius 2 is 1.81 bits per heavy atom. The first-order valence-electron chi connectivity index (χ1n) is 6.03. The second-order valence-electron chi connectivity index (χ2n) is 4.25. The monoisotopic (exact) mass is 305 g/mol. The molecule has 2 aromatic rings. The number of aliphatic carboxylic acids is 1. The van der Waals surface area contributed by atoms with Gasteiger partial charge in [-0.3, -0.25) is 4.79 Å². The highest BCUT2D eigenvalue weighted by Crippen LogP contribution is 2.28. The highest BCUT2D eigenvalue weighted by Gasteiger charge is 2.23. The zero-order chi connectivity index (χ0) is 15.4. The Morgan fingerprint density at radius 3 is 2.38 bits per heavy atom. The van der Waals surface area contributed by atoms with Crippen LogP contribution in [0.25, 0.3) is 0 Å². The molecule has 3 N–H and O–H groups in total. The van der Waals surface area contributed by atoms with E-state index in [0.717, 1.165) is 0 Å². The molecule has 0 aliphatic rings. The molecular formula is C15H12ClNO4. The molecule has 0 aliphatic carbocycles. The number of amides is 1. The highest BCUT2D eigenvalue weighted by molar-refractivity contribution is 6.31. The number of hydrogen-bond acceptors (Lipinski definition) is 3. The smallest absolute Gasteiger partial charge is 0.349 e. The van der Waals surface area contributed by atoms with E-state index in [1.54, 1.807) is 30.3 Å². The van der Waals surface area contributed by atoms with Gasteiger partial charge in [0.05, 0.1) is 5.56 Å². The Bertz CT molecular complexity index is 673. The zero-order valence-corrected chi connectivity index (χ0v) is 11.6. The minimum Gasteiger partial charge on any atom is -0.478 e. The number of carbonyl (C=O) groups excluding carboxylic acids is 1. The second kappa shape index (κ2) is 6.28. The lowest BCUT2D eigenvalue weighted by Crippen LogP contribution is -2.20. The summed E-state index contributed by atoms with van der Waals surface area (Å²) in [4.78, 5) is 22.8. The molecule has 0 bridgehead atoms. The summed E-state index contributed by atoms with van der Waals surface area (Å²) in [5.74, 6) is -1.85. The zero-order valence-electron chi connectivity index (χ0n) is 10.8. The fraction of sp³-hybridized carbons (Fsp3) is 0.0667. The fourth-order valence-electron chi connectivity index (χ4n) is 1.81. The third kappa shape index (κ3) is 3.52. The van der Waals surface area contributed by atoms with Crippen LogP contribution in [-0.4, -0.2) is 17.0 Å². The molecule has 1 atom stereocenters. The van der Waals surface area contributed by atoms with Gasteiger partial charge in [-0.1, -0.05) is 41.9 Å². The number of primary amides is 1. The quantitative estimate of drug-likeness (QED) is 0.888. The van der Waals surface area contributed by atoms with Gasteiger partial charge in [-0.15, -0.1) is 0 Å². The minimum absolute atomic E-state index is 0.0321. The van der Waals surface area contributed by atoms with Crippen molar-refractivity contribution in [1.29, 1.82) is 0 Å². The maximum absolute atomic E-state index is 11.4. The molecule has 0 spiro atoms. The van der Waals surface area contributed by atoms with E-state index in [1.807, 2.05) is 0 Å². The number of carbonyl (C=O) groups is 2. The SMILES string of the molecule is NC(=O)c1cc(Cl)ccc1OC(C(=O)O)c1ccccc1. The number of benzene rings is 2. The van der Waals surface area contributed by atoms with Crippen LogP contribution in [0.4, 0.5) is 0 Å². The Hall–Kier alpha value is -2.53. The van der Waals surface area contributed by atoms with E-state index < -0.39 is 18.0 Å². The van der Waals surface area contributed by atoms with Gasteiger partial charge in [0.1, 0.15) is 5.75 Å². The number of carboxylic acids is 1. The lowest BCUT2D eigenvalue weighted by atomic mass is 10.1. The van der Waals surface area contributed by atoms with Crippen LogP contribution in [0.15, 0.2) is 48.5 Å². The Morgan fingerprint density at radius 1 is 1.14 bits per heavy atom. The van der Waals surface area contributed by atoms with Crippen LogP contribution >= 0.6 is 11.6 Å². The van der Waals surface area contributed by atoms with Crippen molar-refractivity contribution < 1.29 is 19.4 Å². The van der Waals surface area contributed by atoms with Gasteiger partial charge >= 0.3 is 5.97 Å². The van der Waals surface area contributed by atoms with Crippen LogP contribution in [0.5, 0.6) is 5.75 Å². The summed E-state index contributed by atoms with van der Waals surface area (Å²) in [6.45, 7) is 0. The average molecular weight is 306 g/mol. The van der Waals surface area contributed by atoms with Crippen molar-refractivity contribution in [3.63, 3.8) is 0 Å². The molecule has 0 aromatic heterocycles. The lowest BCUT2D eigenvalue weighted by Gasteiger charge is -2.17. The first-order chi connectivity index (χ1) is 9.99. The van der Waals surface area contributed by atoms with Crippen molar-refractivity contribution in [3.8, 4) is 5.75 Å². The summed E-state index contributed by atoms with van der Waals surface area (Å²) in [7, 11) is 0. The van der Waals surface area contributed by atoms with Crippen LogP contribution < -0.4 is 10.5 Å². The predicted octanol–water partition coefficient (Wildman–Crippen LogP) is 2.64. The Kier molecular flexibility index (Phi) is 4.45. The van der Waals surface area contributed by atoms with Crippen LogP contribution in [0.3, 0.4) is 0 Å². The molecule has 108 valence electrons. The van der Waals surface area contributed by atoms with Crippen LogP contribution in [0.2, 0.25) is 5.02 Å². The van der Waals surface area contributed by atoms with Gasteiger partial charge in [0.25, 0.3) is 5.91 Å². The number of carboxylic acid groups (broad SMARTS) is 1. The number of rotatable bonds is 5. The molecule has 0 aliphatic heterocycles. The molecule has 1 amide bonds. The van der Waals surface area contributed by atoms with Gasteiger partial charge in [-0.25, -0.2) is 4.79 Å². The molecule has 6 heteroatoms. The molecular weight excluding hydrogens is 294 g/mol. The minimum atomic E-state index is -1.24. The van der Waals surface area contributed by atoms with Crippen molar-refractivity contribution in [2.45, 2.75) is 6.10 Å². The van der Waals surface area contributed by atoms with E-state index in [9.17, 15) is 14.7 Å². The van der Waals surface area contributed by atoms with Gasteiger partial charge in [0, 0.05) is 10.6 Å². The third-order valence-electron chi connectivity index (χ3n) is 2.78. The van der Waals surface area contributed by atoms with E-state index in [-0.39, 0.29) is 11.3 Å². The first kappa shape index (κ1) is 14.9. The number of nitrogens with two attached hydrogens (primary N) is 1. The van der Waals surface area contributed by atoms with Gasteiger partial charge in [0.15, 0.2) is 0 Å². The molecule has 2 aromatic carbocycles. The van der Waals surface area contributed by atoms with Crippen molar-refractivity contribution in [2.24, 2.45) is 5.73 Å². The topological polar surface area (TPSA) is 89.6 Å². The summed E-state index contributed by atoms with van der Waals surface area (Å²) >= 11 is 5.80. The van der Waals surface area contributed by atoms with Gasteiger partial charge < -0.3 is 15.6 Å². The average Bonchev–Trinajstić information content (AvgIpc) is 2.46. The second-order valence-corrected chi connectivity index (χ2v) is 4.69. The summed E-state index contributed by atoms with van der Waals surface area (Å²) in [6, 6.07) is 12.7. The Balaban J connectivity index is 2.39. The first-order valence-corrected chi connectivity index (χ1v) is 6.40. The highest BCUT2D eigenvalue weighted by atomic mass is 35.5. The van der Waals surface area contributed by atoms with Crippen molar-refractivity contribution in [1.82, 2.24) is 0 Å². The van der Waals surface area contributed by atoms with Crippen molar-refractivity contribution in [2.75, 3.05) is 0 Å². The number of ether oxygens (including phenoxy) is 1. The van der Waals surface area contributed by atoms with Crippen LogP contribution in [-0.2, 0) is 4.79 Å². The molecule has 2 rings (SSSR count). The molecule has 5 nitrogen and oxygen atoms in total. The fourth-order valence-corrected chi connectivity index (χ4v) is 1.99. The van der Waals surface area contributed by atoms with Crippen LogP contribution in [0, 0.1) is 0 Å². The van der Waals surface area contributed by atoms with E-state index >= 15 is 0 Å². The normalized spacial score (nSPS) is 11.7. The summed E-state index contributed by atoms with van der Waals surface area (Å²) in [6.07, 6.45) is -1.24. The third-order valence-corrected chi connectivity index (χ3v) is 3.01. The number of halogens is 1. The van der Waals surface area contributed by atoms with Gasteiger partial charge in [0.2, 0.25) is 6.10 Å².